The summed E-state index contributed by atoms with van der Waals surface area (Å²) in [6, 6.07) is 18.8. The molecule has 1 N–H and O–H groups in total. The lowest BCUT2D eigenvalue weighted by Crippen LogP contribution is -2.12. The highest BCUT2D eigenvalue weighted by atomic mass is 19.1. The number of carbonyl (C=O) groups excluding carboxylic acids is 1. The number of hydrogen-bond acceptors (Lipinski definition) is 6. The number of amides is 1. The molecule has 0 bridgehead atoms. The van der Waals surface area contributed by atoms with E-state index in [1.54, 1.807) is 32.4 Å². The van der Waals surface area contributed by atoms with Crippen LogP contribution in [0.4, 0.5) is 10.1 Å². The molecule has 8 heteroatoms. The first-order valence-corrected chi connectivity index (χ1v) is 10.3. The Labute approximate surface area is 190 Å². The smallest absolute Gasteiger partial charge is 0.227 e. The lowest BCUT2D eigenvalue weighted by atomic mass is 10.0. The zero-order valence-corrected chi connectivity index (χ0v) is 18.2. The SMILES string of the molecule is COc1ccc(-c2cc(NC(=O)CCc3nc(-c4ccc(F)cc4)no3)ccc2OC)cc1. The van der Waals surface area contributed by atoms with E-state index in [4.69, 9.17) is 14.0 Å². The van der Waals surface area contributed by atoms with Crippen molar-refractivity contribution in [2.75, 3.05) is 19.5 Å². The Morgan fingerprint density at radius 2 is 1.70 bits per heavy atom. The Balaban J connectivity index is 1.40. The molecule has 0 aliphatic carbocycles. The Kier molecular flexibility index (Phi) is 6.64. The molecule has 3 aromatic carbocycles. The normalized spacial score (nSPS) is 10.6. The number of halogens is 1. The van der Waals surface area contributed by atoms with Crippen LogP contribution >= 0.6 is 0 Å². The molecule has 1 heterocycles. The summed E-state index contributed by atoms with van der Waals surface area (Å²) in [4.78, 5) is 16.8. The zero-order valence-electron chi connectivity index (χ0n) is 18.2. The van der Waals surface area contributed by atoms with Crippen molar-refractivity contribution in [1.29, 1.82) is 0 Å². The van der Waals surface area contributed by atoms with Crippen molar-refractivity contribution in [2.24, 2.45) is 0 Å². The Morgan fingerprint density at radius 1 is 0.970 bits per heavy atom. The van der Waals surface area contributed by atoms with Crippen molar-refractivity contribution in [3.05, 3.63) is 78.4 Å². The highest BCUT2D eigenvalue weighted by Gasteiger charge is 2.13. The van der Waals surface area contributed by atoms with Crippen LogP contribution in [-0.2, 0) is 11.2 Å². The zero-order chi connectivity index (χ0) is 23.2. The number of carbonyl (C=O) groups is 1. The maximum absolute atomic E-state index is 13.1. The van der Waals surface area contributed by atoms with Gasteiger partial charge >= 0.3 is 0 Å². The number of nitrogens with one attached hydrogen (secondary N) is 1. The van der Waals surface area contributed by atoms with Crippen LogP contribution < -0.4 is 14.8 Å². The fourth-order valence-corrected chi connectivity index (χ4v) is 3.30. The van der Waals surface area contributed by atoms with Gasteiger partial charge in [0.05, 0.1) is 14.2 Å². The third-order valence-corrected chi connectivity index (χ3v) is 5.02. The number of anilines is 1. The molecule has 0 fully saturated rings. The summed E-state index contributed by atoms with van der Waals surface area (Å²) in [5, 5.41) is 6.78. The van der Waals surface area contributed by atoms with Gasteiger partial charge in [0.25, 0.3) is 0 Å². The lowest BCUT2D eigenvalue weighted by Gasteiger charge is -2.12. The number of nitrogens with zero attached hydrogens (tertiary/aromatic N) is 2. The van der Waals surface area contributed by atoms with Crippen molar-refractivity contribution in [3.63, 3.8) is 0 Å². The highest BCUT2D eigenvalue weighted by Crippen LogP contribution is 2.33. The molecule has 1 amide bonds. The van der Waals surface area contributed by atoms with Gasteiger partial charge in [-0.1, -0.05) is 17.3 Å². The highest BCUT2D eigenvalue weighted by molar-refractivity contribution is 5.92. The number of methoxy groups -OCH3 is 2. The van der Waals surface area contributed by atoms with Crippen LogP contribution in [0.5, 0.6) is 11.5 Å². The first kappa shape index (κ1) is 22.0. The van der Waals surface area contributed by atoms with E-state index >= 15 is 0 Å². The number of ether oxygens (including phenoxy) is 2. The molecule has 0 unspecified atom stereocenters. The van der Waals surface area contributed by atoms with Gasteiger partial charge < -0.3 is 19.3 Å². The molecule has 0 saturated heterocycles. The summed E-state index contributed by atoms with van der Waals surface area (Å²) in [7, 11) is 3.22. The quantitative estimate of drug-likeness (QED) is 0.403. The predicted molar refractivity (Wildman–Crippen MR) is 122 cm³/mol. The lowest BCUT2D eigenvalue weighted by molar-refractivity contribution is -0.116. The van der Waals surface area contributed by atoms with E-state index < -0.39 is 0 Å². The van der Waals surface area contributed by atoms with Crippen molar-refractivity contribution in [3.8, 4) is 34.0 Å². The molecule has 0 aliphatic heterocycles. The van der Waals surface area contributed by atoms with Crippen LogP contribution in [-0.4, -0.2) is 30.3 Å². The monoisotopic (exact) mass is 447 g/mol. The van der Waals surface area contributed by atoms with Crippen LogP contribution in [0.3, 0.4) is 0 Å². The van der Waals surface area contributed by atoms with Crippen molar-refractivity contribution >= 4 is 11.6 Å². The van der Waals surface area contributed by atoms with Crippen molar-refractivity contribution in [2.45, 2.75) is 12.8 Å². The number of hydrogen-bond donors (Lipinski definition) is 1. The Bertz CT molecular complexity index is 1240. The molecular weight excluding hydrogens is 425 g/mol. The van der Waals surface area contributed by atoms with Gasteiger partial charge in [-0.05, 0) is 60.2 Å². The van der Waals surface area contributed by atoms with E-state index in [2.05, 4.69) is 15.5 Å². The number of benzene rings is 3. The fraction of sp³-hybridized carbons (Fsp3) is 0.160. The van der Waals surface area contributed by atoms with Crippen molar-refractivity contribution in [1.82, 2.24) is 10.1 Å². The number of aryl methyl sites for hydroxylation is 1. The fourth-order valence-electron chi connectivity index (χ4n) is 3.30. The van der Waals surface area contributed by atoms with Gasteiger partial charge in [-0.15, -0.1) is 0 Å². The Morgan fingerprint density at radius 3 is 2.39 bits per heavy atom. The second kappa shape index (κ2) is 9.95. The van der Waals surface area contributed by atoms with Gasteiger partial charge in [0.1, 0.15) is 17.3 Å². The Hall–Kier alpha value is -4.20. The van der Waals surface area contributed by atoms with Crippen molar-refractivity contribution < 1.29 is 23.2 Å². The van der Waals surface area contributed by atoms with E-state index in [0.29, 0.717) is 28.7 Å². The maximum atomic E-state index is 13.1. The standard InChI is InChI=1S/C25H22FN3O4/c1-31-20-10-5-16(6-11-20)21-15-19(9-12-22(21)32-2)27-23(30)13-14-24-28-25(29-33-24)17-3-7-18(26)8-4-17/h3-12,15H,13-14H2,1-2H3,(H,27,30). The second-order valence-electron chi connectivity index (χ2n) is 7.21. The molecule has 0 spiro atoms. The molecule has 0 aliphatic rings. The summed E-state index contributed by atoms with van der Waals surface area (Å²) in [5.41, 5.74) is 3.06. The molecule has 0 saturated carbocycles. The maximum Gasteiger partial charge on any atom is 0.227 e. The molecule has 7 nitrogen and oxygen atoms in total. The largest absolute Gasteiger partial charge is 0.497 e. The summed E-state index contributed by atoms with van der Waals surface area (Å²) >= 11 is 0. The van der Waals surface area contributed by atoms with E-state index in [1.165, 1.54) is 12.1 Å². The number of rotatable bonds is 8. The third-order valence-electron chi connectivity index (χ3n) is 5.02. The summed E-state index contributed by atoms with van der Waals surface area (Å²) in [5.74, 6) is 1.60. The first-order valence-electron chi connectivity index (χ1n) is 10.3. The third kappa shape index (κ3) is 5.35. The van der Waals surface area contributed by atoms with Gasteiger partial charge in [-0.25, -0.2) is 4.39 Å². The topological polar surface area (TPSA) is 86.5 Å². The molecule has 33 heavy (non-hydrogen) atoms. The van der Waals surface area contributed by atoms with Crippen LogP contribution in [0, 0.1) is 5.82 Å². The van der Waals surface area contributed by atoms with Gasteiger partial charge in [0.2, 0.25) is 17.6 Å². The first-order chi connectivity index (χ1) is 16.1. The van der Waals surface area contributed by atoms with Gasteiger partial charge in [-0.3, -0.25) is 4.79 Å². The van der Waals surface area contributed by atoms with E-state index in [0.717, 1.165) is 16.9 Å². The van der Waals surface area contributed by atoms with Gasteiger partial charge in [0, 0.05) is 29.7 Å². The molecule has 4 aromatic rings. The van der Waals surface area contributed by atoms with E-state index in [9.17, 15) is 9.18 Å². The average molecular weight is 447 g/mol. The molecule has 168 valence electrons. The number of aromatic nitrogens is 2. The summed E-state index contributed by atoms with van der Waals surface area (Å²) < 4.78 is 29.0. The molecule has 0 radical (unpaired) electrons. The minimum absolute atomic E-state index is 0.162. The van der Waals surface area contributed by atoms with Gasteiger partial charge in [0.15, 0.2) is 0 Å². The summed E-state index contributed by atoms with van der Waals surface area (Å²) in [6.45, 7) is 0. The minimum atomic E-state index is -0.340. The average Bonchev–Trinajstić information content (AvgIpc) is 3.32. The molecule has 0 atom stereocenters. The predicted octanol–water partition coefficient (Wildman–Crippen LogP) is 5.13. The van der Waals surface area contributed by atoms with Crippen LogP contribution in [0.1, 0.15) is 12.3 Å². The van der Waals surface area contributed by atoms with E-state index in [-0.39, 0.29) is 24.6 Å². The van der Waals surface area contributed by atoms with Crippen LogP contribution in [0.15, 0.2) is 71.3 Å². The van der Waals surface area contributed by atoms with E-state index in [1.807, 2.05) is 36.4 Å². The molecule has 1 aromatic heterocycles. The summed E-state index contributed by atoms with van der Waals surface area (Å²) in [6.07, 6.45) is 0.441. The van der Waals surface area contributed by atoms with Gasteiger partial charge in [-0.2, -0.15) is 4.98 Å². The minimum Gasteiger partial charge on any atom is -0.497 e. The van der Waals surface area contributed by atoms with Crippen LogP contribution in [0.25, 0.3) is 22.5 Å². The molecular formula is C25H22FN3O4. The van der Waals surface area contributed by atoms with Crippen LogP contribution in [0.2, 0.25) is 0 Å². The second-order valence-corrected chi connectivity index (χ2v) is 7.21. The molecule has 4 rings (SSSR count).